The summed E-state index contributed by atoms with van der Waals surface area (Å²) in [6, 6.07) is 6.70. The average molecular weight is 400 g/mol. The van der Waals surface area contributed by atoms with Crippen molar-refractivity contribution in [3.05, 3.63) is 47.5 Å². The summed E-state index contributed by atoms with van der Waals surface area (Å²) in [7, 11) is 0. The zero-order chi connectivity index (χ0) is 18.5. The first kappa shape index (κ1) is 19.4. The predicted molar refractivity (Wildman–Crippen MR) is 93.6 cm³/mol. The number of aromatic nitrogens is 4. The number of aryl methyl sites for hydroxylation is 1. The van der Waals surface area contributed by atoms with Crippen molar-refractivity contribution < 1.29 is 17.7 Å². The van der Waals surface area contributed by atoms with Crippen LogP contribution in [0.4, 0.5) is 13.2 Å². The minimum absolute atomic E-state index is 0. The lowest BCUT2D eigenvalue weighted by Crippen LogP contribution is -2.44. The van der Waals surface area contributed by atoms with Crippen LogP contribution in [0.15, 0.2) is 35.0 Å². The minimum atomic E-state index is -4.65. The number of alkyl halides is 3. The maximum Gasteiger partial charge on any atom is 0.434 e. The molecule has 144 valence electrons. The Bertz CT molecular complexity index is 962. The van der Waals surface area contributed by atoms with E-state index in [0.29, 0.717) is 24.1 Å². The molecule has 1 aliphatic carbocycles. The maximum atomic E-state index is 13.8. The van der Waals surface area contributed by atoms with Gasteiger partial charge in [-0.25, -0.2) is 4.68 Å². The molecule has 1 aromatic carbocycles. The van der Waals surface area contributed by atoms with Crippen LogP contribution in [0.1, 0.15) is 36.3 Å². The Hall–Kier alpha value is -2.39. The van der Waals surface area contributed by atoms with Gasteiger partial charge in [-0.2, -0.15) is 23.3 Å². The first-order chi connectivity index (χ1) is 12.3. The van der Waals surface area contributed by atoms with Gasteiger partial charge in [-0.05, 0) is 37.8 Å². The molecular formula is C17H17ClF3N5O. The molecule has 1 saturated carbocycles. The fourth-order valence-corrected chi connectivity index (χ4v) is 3.08. The van der Waals surface area contributed by atoms with E-state index in [1.165, 1.54) is 0 Å². The van der Waals surface area contributed by atoms with E-state index in [1.54, 1.807) is 31.2 Å². The standard InChI is InChI=1S/C17H16F3N5O.ClH/c1-10-5-2-3-6-12(10)25-13(17(18,19)20)11(9-22-25)14-23-15(24-26-14)16(21)7-4-8-16;/h2-3,5-6,9H,4,7-8,21H2,1H3;1H. The van der Waals surface area contributed by atoms with E-state index in [9.17, 15) is 13.2 Å². The molecule has 6 nitrogen and oxygen atoms in total. The number of para-hydroxylation sites is 1. The zero-order valence-electron chi connectivity index (χ0n) is 14.3. The van der Waals surface area contributed by atoms with E-state index < -0.39 is 17.4 Å². The van der Waals surface area contributed by atoms with Crippen molar-refractivity contribution in [2.45, 2.75) is 37.9 Å². The van der Waals surface area contributed by atoms with Gasteiger partial charge in [0.1, 0.15) is 0 Å². The minimum Gasteiger partial charge on any atom is -0.334 e. The van der Waals surface area contributed by atoms with Crippen LogP contribution in [-0.4, -0.2) is 19.9 Å². The quantitative estimate of drug-likeness (QED) is 0.719. The molecule has 0 unspecified atom stereocenters. The van der Waals surface area contributed by atoms with Gasteiger partial charge in [0, 0.05) is 0 Å². The van der Waals surface area contributed by atoms with Crippen LogP contribution in [0.3, 0.4) is 0 Å². The third-order valence-corrected chi connectivity index (χ3v) is 4.73. The second-order valence-corrected chi connectivity index (χ2v) is 6.54. The van der Waals surface area contributed by atoms with Crippen LogP contribution in [0.5, 0.6) is 0 Å². The van der Waals surface area contributed by atoms with E-state index in [2.05, 4.69) is 15.2 Å². The van der Waals surface area contributed by atoms with Crippen LogP contribution < -0.4 is 5.73 Å². The zero-order valence-corrected chi connectivity index (χ0v) is 15.1. The molecule has 27 heavy (non-hydrogen) atoms. The van der Waals surface area contributed by atoms with Crippen LogP contribution in [0.25, 0.3) is 17.1 Å². The van der Waals surface area contributed by atoms with Crippen molar-refractivity contribution in [3.8, 4) is 17.1 Å². The van der Waals surface area contributed by atoms with Gasteiger partial charge >= 0.3 is 6.18 Å². The highest BCUT2D eigenvalue weighted by atomic mass is 35.5. The van der Waals surface area contributed by atoms with Crippen LogP contribution in [0.2, 0.25) is 0 Å². The molecule has 2 N–H and O–H groups in total. The molecule has 0 saturated heterocycles. The Balaban J connectivity index is 0.00000210. The highest BCUT2D eigenvalue weighted by molar-refractivity contribution is 5.85. The lowest BCUT2D eigenvalue weighted by atomic mass is 9.77. The van der Waals surface area contributed by atoms with Gasteiger partial charge in [0.15, 0.2) is 11.5 Å². The fraction of sp³-hybridized carbons (Fsp3) is 0.353. The van der Waals surface area contributed by atoms with E-state index >= 15 is 0 Å². The van der Waals surface area contributed by atoms with Crippen molar-refractivity contribution >= 4 is 12.4 Å². The summed E-state index contributed by atoms with van der Waals surface area (Å²) < 4.78 is 47.3. The molecule has 1 aliphatic rings. The van der Waals surface area contributed by atoms with Gasteiger partial charge in [0.25, 0.3) is 5.89 Å². The summed E-state index contributed by atoms with van der Waals surface area (Å²) in [5.41, 5.74) is 5.19. The molecule has 2 heterocycles. The Morgan fingerprint density at radius 2 is 1.93 bits per heavy atom. The molecule has 1 fully saturated rings. The number of nitrogens with two attached hydrogens (primary N) is 1. The molecule has 2 aromatic heterocycles. The highest BCUT2D eigenvalue weighted by Crippen LogP contribution is 2.41. The summed E-state index contributed by atoms with van der Waals surface area (Å²) in [6.07, 6.45) is -1.27. The molecule has 0 aliphatic heterocycles. The third-order valence-electron chi connectivity index (χ3n) is 4.73. The first-order valence-electron chi connectivity index (χ1n) is 8.14. The van der Waals surface area contributed by atoms with Crippen molar-refractivity contribution in [2.75, 3.05) is 0 Å². The molecule has 0 amide bonds. The molecule has 4 rings (SSSR count). The second-order valence-electron chi connectivity index (χ2n) is 6.54. The predicted octanol–water partition coefficient (Wildman–Crippen LogP) is 4.01. The maximum absolute atomic E-state index is 13.8. The van der Waals surface area contributed by atoms with Crippen molar-refractivity contribution in [3.63, 3.8) is 0 Å². The number of hydrogen-bond acceptors (Lipinski definition) is 5. The third kappa shape index (κ3) is 3.21. The monoisotopic (exact) mass is 399 g/mol. The first-order valence-corrected chi connectivity index (χ1v) is 8.14. The molecular weight excluding hydrogens is 383 g/mol. The number of hydrogen-bond donors (Lipinski definition) is 1. The fourth-order valence-electron chi connectivity index (χ4n) is 3.08. The Kier molecular flexibility index (Phi) is 4.77. The average Bonchev–Trinajstić information content (AvgIpc) is 3.19. The van der Waals surface area contributed by atoms with Gasteiger partial charge < -0.3 is 10.3 Å². The Morgan fingerprint density at radius 3 is 2.52 bits per heavy atom. The van der Waals surface area contributed by atoms with E-state index in [1.807, 2.05) is 0 Å². The number of rotatable bonds is 3. The SMILES string of the molecule is Cc1ccccc1-n1ncc(-c2nc(C3(N)CCC3)no2)c1C(F)(F)F.Cl. The van der Waals surface area contributed by atoms with Crippen molar-refractivity contribution in [1.82, 2.24) is 19.9 Å². The van der Waals surface area contributed by atoms with Crippen LogP contribution >= 0.6 is 12.4 Å². The van der Waals surface area contributed by atoms with Gasteiger partial charge in [0.2, 0.25) is 0 Å². The van der Waals surface area contributed by atoms with Gasteiger partial charge in [-0.3, -0.25) is 0 Å². The summed E-state index contributed by atoms with van der Waals surface area (Å²) >= 11 is 0. The van der Waals surface area contributed by atoms with Gasteiger partial charge in [0.05, 0.1) is 23.0 Å². The molecule has 10 heteroatoms. The molecule has 0 atom stereocenters. The summed E-state index contributed by atoms with van der Waals surface area (Å²) in [4.78, 5) is 4.12. The van der Waals surface area contributed by atoms with Crippen molar-refractivity contribution in [2.24, 2.45) is 5.73 Å². The van der Waals surface area contributed by atoms with Crippen LogP contribution in [0, 0.1) is 6.92 Å². The van der Waals surface area contributed by atoms with Gasteiger partial charge in [-0.15, -0.1) is 12.4 Å². The largest absolute Gasteiger partial charge is 0.434 e. The normalized spacial score (nSPS) is 15.9. The lowest BCUT2D eigenvalue weighted by Gasteiger charge is -2.34. The Morgan fingerprint density at radius 1 is 1.22 bits per heavy atom. The molecule has 0 bridgehead atoms. The van der Waals surface area contributed by atoms with E-state index in [4.69, 9.17) is 10.3 Å². The molecule has 3 aromatic rings. The highest BCUT2D eigenvalue weighted by Gasteiger charge is 2.43. The van der Waals surface area contributed by atoms with Crippen LogP contribution in [-0.2, 0) is 11.7 Å². The summed E-state index contributed by atoms with van der Waals surface area (Å²) in [5.74, 6) is -0.000555. The number of benzene rings is 1. The van der Waals surface area contributed by atoms with Gasteiger partial charge in [-0.1, -0.05) is 23.4 Å². The number of nitrogens with zero attached hydrogens (tertiary/aromatic N) is 4. The topological polar surface area (TPSA) is 82.8 Å². The second kappa shape index (κ2) is 6.65. The van der Waals surface area contributed by atoms with E-state index in [-0.39, 0.29) is 29.7 Å². The smallest absolute Gasteiger partial charge is 0.334 e. The van der Waals surface area contributed by atoms with Crippen molar-refractivity contribution in [1.29, 1.82) is 0 Å². The summed E-state index contributed by atoms with van der Waals surface area (Å²) in [6.45, 7) is 1.72. The molecule has 0 radical (unpaired) electrons. The molecule has 0 spiro atoms. The summed E-state index contributed by atoms with van der Waals surface area (Å²) in [5, 5.41) is 7.73. The Labute approximate surface area is 159 Å². The lowest BCUT2D eigenvalue weighted by molar-refractivity contribution is -0.142. The number of halogens is 4. The van der Waals surface area contributed by atoms with E-state index in [0.717, 1.165) is 17.3 Å².